The molecular formula is C11H11Cl2NOS. The van der Waals surface area contributed by atoms with Crippen molar-refractivity contribution in [2.75, 3.05) is 5.75 Å². The van der Waals surface area contributed by atoms with Gasteiger partial charge in [0.25, 0.3) is 0 Å². The zero-order chi connectivity index (χ0) is 12.0. The summed E-state index contributed by atoms with van der Waals surface area (Å²) >= 11 is 11.9. The van der Waals surface area contributed by atoms with Crippen LogP contribution >= 0.6 is 23.2 Å². The number of halogens is 2. The largest absolute Gasteiger partial charge is 0.254 e. The summed E-state index contributed by atoms with van der Waals surface area (Å²) in [7, 11) is -1.18. The Bertz CT molecular complexity index is 408. The van der Waals surface area contributed by atoms with Crippen LogP contribution in [0, 0.1) is 11.3 Å². The average Bonchev–Trinajstić information content (AvgIpc) is 2.24. The topological polar surface area (TPSA) is 40.9 Å². The average molecular weight is 276 g/mol. The van der Waals surface area contributed by atoms with Crippen LogP contribution in [0.2, 0.25) is 10.0 Å². The quantitative estimate of drug-likeness (QED) is 0.767. The lowest BCUT2D eigenvalue weighted by molar-refractivity contribution is 0.678. The van der Waals surface area contributed by atoms with E-state index in [0.29, 0.717) is 27.1 Å². The van der Waals surface area contributed by atoms with E-state index in [2.05, 4.69) is 6.07 Å². The third-order valence-corrected chi connectivity index (χ3v) is 4.42. The Balaban J connectivity index is 2.63. The summed E-state index contributed by atoms with van der Waals surface area (Å²) in [6.45, 7) is 0. The van der Waals surface area contributed by atoms with Gasteiger partial charge in [-0.1, -0.05) is 29.3 Å². The molecule has 0 bridgehead atoms. The van der Waals surface area contributed by atoms with E-state index in [9.17, 15) is 4.21 Å². The fraction of sp³-hybridized carbons (Fsp3) is 0.364. The minimum atomic E-state index is -1.18. The minimum Gasteiger partial charge on any atom is -0.254 e. The van der Waals surface area contributed by atoms with Crippen LogP contribution in [0.1, 0.15) is 19.3 Å². The van der Waals surface area contributed by atoms with Crippen LogP contribution in [0.5, 0.6) is 0 Å². The summed E-state index contributed by atoms with van der Waals surface area (Å²) < 4.78 is 11.9. The van der Waals surface area contributed by atoms with Crippen LogP contribution in [0.4, 0.5) is 0 Å². The van der Waals surface area contributed by atoms with Crippen LogP contribution in [-0.4, -0.2) is 9.96 Å². The van der Waals surface area contributed by atoms with E-state index in [1.807, 2.05) is 0 Å². The van der Waals surface area contributed by atoms with Crippen LogP contribution in [0.25, 0.3) is 0 Å². The normalized spacial score (nSPS) is 12.1. The van der Waals surface area contributed by atoms with Gasteiger partial charge < -0.3 is 0 Å². The molecule has 0 saturated heterocycles. The van der Waals surface area contributed by atoms with Gasteiger partial charge in [-0.15, -0.1) is 0 Å². The van der Waals surface area contributed by atoms with Gasteiger partial charge in [0.15, 0.2) is 0 Å². The van der Waals surface area contributed by atoms with Gasteiger partial charge >= 0.3 is 0 Å². The van der Waals surface area contributed by atoms with Crippen molar-refractivity contribution in [3.8, 4) is 6.07 Å². The molecule has 1 aromatic rings. The molecule has 1 unspecified atom stereocenters. The monoisotopic (exact) mass is 275 g/mol. The number of hydrogen-bond donors (Lipinski definition) is 0. The van der Waals surface area contributed by atoms with Crippen molar-refractivity contribution in [3.63, 3.8) is 0 Å². The van der Waals surface area contributed by atoms with Crippen molar-refractivity contribution in [1.29, 1.82) is 5.26 Å². The molecule has 1 aromatic carbocycles. The Kier molecular flexibility index (Phi) is 5.83. The smallest absolute Gasteiger partial charge is 0.0760 e. The fourth-order valence-corrected chi connectivity index (χ4v) is 3.39. The van der Waals surface area contributed by atoms with Gasteiger partial charge in [-0.05, 0) is 25.0 Å². The van der Waals surface area contributed by atoms with Crippen molar-refractivity contribution >= 4 is 34.0 Å². The summed E-state index contributed by atoms with van der Waals surface area (Å²) in [5.74, 6) is 0.491. The first kappa shape index (κ1) is 13.5. The molecule has 0 radical (unpaired) electrons. The van der Waals surface area contributed by atoms with E-state index in [0.717, 1.165) is 12.8 Å². The minimum absolute atomic E-state index is 0.436. The molecular weight excluding hydrogens is 265 g/mol. The molecule has 1 atom stereocenters. The van der Waals surface area contributed by atoms with Crippen LogP contribution in [0.3, 0.4) is 0 Å². The highest BCUT2D eigenvalue weighted by atomic mass is 35.5. The molecule has 0 heterocycles. The highest BCUT2D eigenvalue weighted by Gasteiger charge is 2.12. The van der Waals surface area contributed by atoms with Crippen LogP contribution in [0.15, 0.2) is 23.1 Å². The van der Waals surface area contributed by atoms with Crippen molar-refractivity contribution in [3.05, 3.63) is 28.2 Å². The van der Waals surface area contributed by atoms with E-state index >= 15 is 0 Å². The van der Waals surface area contributed by atoms with E-state index in [1.54, 1.807) is 18.2 Å². The van der Waals surface area contributed by atoms with Gasteiger partial charge in [-0.25, -0.2) is 0 Å². The summed E-state index contributed by atoms with van der Waals surface area (Å²) in [5, 5.41) is 9.24. The number of rotatable bonds is 5. The second kappa shape index (κ2) is 6.90. The highest BCUT2D eigenvalue weighted by Crippen LogP contribution is 2.28. The third kappa shape index (κ3) is 3.79. The van der Waals surface area contributed by atoms with Gasteiger partial charge in [-0.2, -0.15) is 5.26 Å². The number of benzene rings is 1. The van der Waals surface area contributed by atoms with Crippen molar-refractivity contribution in [1.82, 2.24) is 0 Å². The zero-order valence-corrected chi connectivity index (χ0v) is 10.9. The van der Waals surface area contributed by atoms with Crippen LogP contribution < -0.4 is 0 Å². The first-order chi connectivity index (χ1) is 7.66. The standard InChI is InChI=1S/C11H11Cl2NOS/c12-9-5-4-6-10(13)11(9)16(15)8-3-1-2-7-14/h4-6H,1-3,8H2. The molecule has 0 N–H and O–H groups in total. The van der Waals surface area contributed by atoms with Crippen molar-refractivity contribution in [2.24, 2.45) is 0 Å². The first-order valence-corrected chi connectivity index (χ1v) is 6.93. The molecule has 16 heavy (non-hydrogen) atoms. The van der Waals surface area contributed by atoms with Gasteiger partial charge in [-0.3, -0.25) is 4.21 Å². The number of unbranched alkanes of at least 4 members (excludes halogenated alkanes) is 2. The third-order valence-electron chi connectivity index (χ3n) is 2.01. The predicted octanol–water partition coefficient (Wildman–Crippen LogP) is 3.79. The maximum Gasteiger partial charge on any atom is 0.0760 e. The number of nitrogens with zero attached hydrogens (tertiary/aromatic N) is 1. The second-order valence-corrected chi connectivity index (χ2v) is 5.54. The lowest BCUT2D eigenvalue weighted by Gasteiger charge is -2.05. The summed E-state index contributed by atoms with van der Waals surface area (Å²) in [5.41, 5.74) is 0. The van der Waals surface area contributed by atoms with E-state index in [4.69, 9.17) is 28.5 Å². The Morgan fingerprint density at radius 3 is 2.44 bits per heavy atom. The molecule has 0 aromatic heterocycles. The SMILES string of the molecule is N#CCCCCS(=O)c1c(Cl)cccc1Cl. The molecule has 0 spiro atoms. The Labute approximate surface area is 108 Å². The van der Waals surface area contributed by atoms with Crippen molar-refractivity contribution in [2.45, 2.75) is 24.2 Å². The number of hydrogen-bond acceptors (Lipinski definition) is 2. The van der Waals surface area contributed by atoms with Crippen LogP contribution in [-0.2, 0) is 10.8 Å². The van der Waals surface area contributed by atoms with Gasteiger partial charge in [0.1, 0.15) is 0 Å². The molecule has 1 rings (SSSR count). The highest BCUT2D eigenvalue weighted by molar-refractivity contribution is 7.85. The second-order valence-electron chi connectivity index (χ2n) is 3.22. The molecule has 0 fully saturated rings. The molecule has 0 aliphatic rings. The molecule has 86 valence electrons. The molecule has 0 saturated carbocycles. The Morgan fingerprint density at radius 2 is 1.88 bits per heavy atom. The number of nitriles is 1. The Morgan fingerprint density at radius 1 is 1.25 bits per heavy atom. The molecule has 0 aliphatic carbocycles. The van der Waals surface area contributed by atoms with Gasteiger partial charge in [0.05, 0.1) is 31.8 Å². The Hall–Kier alpha value is -0.560. The summed E-state index contributed by atoms with van der Waals surface area (Å²) in [4.78, 5) is 0.503. The predicted molar refractivity (Wildman–Crippen MR) is 67.2 cm³/mol. The summed E-state index contributed by atoms with van der Waals surface area (Å²) in [6, 6.07) is 7.13. The van der Waals surface area contributed by atoms with E-state index in [1.165, 1.54) is 0 Å². The zero-order valence-electron chi connectivity index (χ0n) is 8.58. The fourth-order valence-electron chi connectivity index (χ4n) is 1.24. The summed E-state index contributed by atoms with van der Waals surface area (Å²) in [6.07, 6.45) is 1.99. The van der Waals surface area contributed by atoms with Crippen molar-refractivity contribution < 1.29 is 4.21 Å². The maximum atomic E-state index is 11.9. The van der Waals surface area contributed by atoms with Gasteiger partial charge in [0.2, 0.25) is 0 Å². The first-order valence-electron chi connectivity index (χ1n) is 4.86. The maximum absolute atomic E-state index is 11.9. The van der Waals surface area contributed by atoms with E-state index < -0.39 is 10.8 Å². The van der Waals surface area contributed by atoms with Gasteiger partial charge in [0, 0.05) is 12.2 Å². The molecule has 2 nitrogen and oxygen atoms in total. The lowest BCUT2D eigenvalue weighted by atomic mass is 10.3. The molecule has 5 heteroatoms. The molecule has 0 amide bonds. The molecule has 0 aliphatic heterocycles. The lowest BCUT2D eigenvalue weighted by Crippen LogP contribution is -1.99. The van der Waals surface area contributed by atoms with E-state index in [-0.39, 0.29) is 0 Å².